The van der Waals surface area contributed by atoms with E-state index in [1.54, 1.807) is 23.2 Å². The normalized spacial score (nSPS) is 15.9. The number of pyridine rings is 1. The van der Waals surface area contributed by atoms with Crippen LogP contribution in [0.5, 0.6) is 0 Å². The maximum atomic E-state index is 12.8. The largest absolute Gasteiger partial charge is 0.416 e. The molecule has 3 rings (SSSR count). The minimum Gasteiger partial charge on any atom is -0.336 e. The number of halogens is 4. The van der Waals surface area contributed by atoms with Gasteiger partial charge in [-0.3, -0.25) is 14.7 Å². The number of alkyl halides is 3. The van der Waals surface area contributed by atoms with Crippen molar-refractivity contribution in [2.75, 3.05) is 26.2 Å². The molecule has 1 aromatic heterocycles. The molecule has 0 atom stereocenters. The molecule has 0 bridgehead atoms. The first-order valence-electron chi connectivity index (χ1n) is 8.11. The van der Waals surface area contributed by atoms with Crippen molar-refractivity contribution in [2.24, 2.45) is 0 Å². The summed E-state index contributed by atoms with van der Waals surface area (Å²) in [6.45, 7) is 2.73. The van der Waals surface area contributed by atoms with Gasteiger partial charge in [-0.15, -0.1) is 0 Å². The van der Waals surface area contributed by atoms with E-state index in [0.717, 1.165) is 10.5 Å². The molecular formula is C18H17BrF3N3O. The van der Waals surface area contributed by atoms with Crippen LogP contribution >= 0.6 is 15.9 Å². The molecule has 0 aliphatic carbocycles. The van der Waals surface area contributed by atoms with Crippen molar-refractivity contribution in [3.63, 3.8) is 0 Å². The summed E-state index contributed by atoms with van der Waals surface area (Å²) in [4.78, 5) is 20.3. The average Bonchev–Trinajstić information content (AvgIpc) is 2.61. The topological polar surface area (TPSA) is 36.4 Å². The van der Waals surface area contributed by atoms with Crippen molar-refractivity contribution < 1.29 is 18.0 Å². The summed E-state index contributed by atoms with van der Waals surface area (Å²) in [5.74, 6) is -0.0856. The lowest BCUT2D eigenvalue weighted by atomic mass is 10.1. The molecule has 4 nitrogen and oxygen atoms in total. The van der Waals surface area contributed by atoms with Gasteiger partial charge in [0, 0.05) is 49.6 Å². The highest BCUT2D eigenvalue weighted by Crippen LogP contribution is 2.29. The van der Waals surface area contributed by atoms with Crippen LogP contribution in [-0.4, -0.2) is 46.9 Å². The predicted octanol–water partition coefficient (Wildman–Crippen LogP) is 3.82. The number of hydrogen-bond acceptors (Lipinski definition) is 3. The number of carbonyl (C=O) groups is 1. The summed E-state index contributed by atoms with van der Waals surface area (Å²) < 4.78 is 39.2. The van der Waals surface area contributed by atoms with E-state index in [9.17, 15) is 18.0 Å². The van der Waals surface area contributed by atoms with E-state index >= 15 is 0 Å². The van der Waals surface area contributed by atoms with E-state index < -0.39 is 11.7 Å². The van der Waals surface area contributed by atoms with Crippen LogP contribution in [0.2, 0.25) is 0 Å². The first-order valence-corrected chi connectivity index (χ1v) is 8.90. The summed E-state index contributed by atoms with van der Waals surface area (Å²) in [6, 6.07) is 7.11. The van der Waals surface area contributed by atoms with Crippen LogP contribution in [0.4, 0.5) is 13.2 Å². The summed E-state index contributed by atoms with van der Waals surface area (Å²) in [6.07, 6.45) is -1.19. The second-order valence-electron chi connectivity index (χ2n) is 6.16. The number of rotatable bonds is 3. The Bertz CT molecular complexity index is 789. The Labute approximate surface area is 157 Å². The minimum atomic E-state index is -4.33. The third-order valence-electron chi connectivity index (χ3n) is 4.27. The van der Waals surface area contributed by atoms with E-state index in [4.69, 9.17) is 0 Å². The highest BCUT2D eigenvalue weighted by Gasteiger charge is 2.30. The molecule has 2 aromatic rings. The highest BCUT2D eigenvalue weighted by molar-refractivity contribution is 9.10. The second kappa shape index (κ2) is 7.75. The zero-order valence-electron chi connectivity index (χ0n) is 13.8. The maximum absolute atomic E-state index is 12.8. The monoisotopic (exact) mass is 427 g/mol. The molecule has 1 fully saturated rings. The van der Waals surface area contributed by atoms with Crippen LogP contribution in [0.1, 0.15) is 21.5 Å². The van der Waals surface area contributed by atoms with Gasteiger partial charge in [-0.05, 0) is 33.6 Å². The van der Waals surface area contributed by atoms with Crippen LogP contribution in [-0.2, 0) is 12.7 Å². The molecule has 1 saturated heterocycles. The molecule has 0 N–H and O–H groups in total. The summed E-state index contributed by atoms with van der Waals surface area (Å²) in [5, 5.41) is 0. The number of hydrogen-bond donors (Lipinski definition) is 0. The lowest BCUT2D eigenvalue weighted by Crippen LogP contribution is -2.48. The minimum absolute atomic E-state index is 0.0856. The molecular weight excluding hydrogens is 411 g/mol. The molecule has 1 amide bonds. The van der Waals surface area contributed by atoms with Crippen LogP contribution in [0.15, 0.2) is 47.2 Å². The third kappa shape index (κ3) is 4.62. The van der Waals surface area contributed by atoms with Crippen LogP contribution < -0.4 is 0 Å². The Hall–Kier alpha value is -1.93. The predicted molar refractivity (Wildman–Crippen MR) is 94.6 cm³/mol. The summed E-state index contributed by atoms with van der Waals surface area (Å²) >= 11 is 3.30. The Balaban J connectivity index is 1.58. The number of benzene rings is 1. The molecule has 1 aromatic carbocycles. The van der Waals surface area contributed by atoms with Gasteiger partial charge in [-0.25, -0.2) is 0 Å². The van der Waals surface area contributed by atoms with Gasteiger partial charge in [-0.2, -0.15) is 13.2 Å². The van der Waals surface area contributed by atoms with Crippen molar-refractivity contribution in [1.82, 2.24) is 14.8 Å². The van der Waals surface area contributed by atoms with Crippen molar-refractivity contribution in [2.45, 2.75) is 12.7 Å². The van der Waals surface area contributed by atoms with Crippen LogP contribution in [0.3, 0.4) is 0 Å². The van der Waals surface area contributed by atoms with Gasteiger partial charge in [0.1, 0.15) is 0 Å². The fourth-order valence-corrected chi connectivity index (χ4v) is 3.29. The standard InChI is InChI=1S/C18H17BrF3N3O/c19-16-9-14(10-23-11-16)17(26)25-6-4-24(5-7-25)12-13-2-1-3-15(8-13)18(20,21)22/h1-3,8-11H,4-7,12H2. The zero-order valence-corrected chi connectivity index (χ0v) is 15.4. The van der Waals surface area contributed by atoms with E-state index in [1.807, 2.05) is 0 Å². The molecule has 2 heterocycles. The van der Waals surface area contributed by atoms with Crippen molar-refractivity contribution in [3.05, 3.63) is 63.9 Å². The van der Waals surface area contributed by atoms with Crippen LogP contribution in [0, 0.1) is 0 Å². The average molecular weight is 428 g/mol. The SMILES string of the molecule is O=C(c1cncc(Br)c1)N1CCN(Cc2cccc(C(F)(F)F)c2)CC1. The Morgan fingerprint density at radius 1 is 1.12 bits per heavy atom. The zero-order chi connectivity index (χ0) is 18.7. The first kappa shape index (κ1) is 18.8. The lowest BCUT2D eigenvalue weighted by Gasteiger charge is -2.34. The fourth-order valence-electron chi connectivity index (χ4n) is 2.92. The maximum Gasteiger partial charge on any atom is 0.416 e. The number of amides is 1. The summed E-state index contributed by atoms with van der Waals surface area (Å²) in [7, 11) is 0. The molecule has 0 spiro atoms. The molecule has 0 radical (unpaired) electrons. The van der Waals surface area contributed by atoms with E-state index in [0.29, 0.717) is 43.9 Å². The number of aromatic nitrogens is 1. The Morgan fingerprint density at radius 3 is 2.50 bits per heavy atom. The van der Waals surface area contributed by atoms with Gasteiger partial charge in [-0.1, -0.05) is 18.2 Å². The van der Waals surface area contributed by atoms with Gasteiger partial charge in [0.25, 0.3) is 5.91 Å². The molecule has 1 aliphatic heterocycles. The molecule has 1 aliphatic rings. The first-order chi connectivity index (χ1) is 12.3. The van der Waals surface area contributed by atoms with E-state index in [1.165, 1.54) is 18.3 Å². The van der Waals surface area contributed by atoms with Gasteiger partial charge in [0.2, 0.25) is 0 Å². The van der Waals surface area contributed by atoms with Crippen molar-refractivity contribution in [1.29, 1.82) is 0 Å². The lowest BCUT2D eigenvalue weighted by molar-refractivity contribution is -0.137. The van der Waals surface area contributed by atoms with E-state index in [2.05, 4.69) is 25.8 Å². The summed E-state index contributed by atoms with van der Waals surface area (Å²) in [5.41, 5.74) is 0.507. The van der Waals surface area contributed by atoms with Crippen LogP contribution in [0.25, 0.3) is 0 Å². The second-order valence-corrected chi connectivity index (χ2v) is 7.07. The Kier molecular flexibility index (Phi) is 5.62. The number of piperazine rings is 1. The van der Waals surface area contributed by atoms with Gasteiger partial charge in [0.05, 0.1) is 11.1 Å². The third-order valence-corrected chi connectivity index (χ3v) is 4.71. The van der Waals surface area contributed by atoms with Gasteiger partial charge in [0.15, 0.2) is 0 Å². The molecule has 138 valence electrons. The smallest absolute Gasteiger partial charge is 0.336 e. The highest BCUT2D eigenvalue weighted by atomic mass is 79.9. The molecule has 26 heavy (non-hydrogen) atoms. The fraction of sp³-hybridized carbons (Fsp3) is 0.333. The molecule has 0 saturated carbocycles. The number of nitrogens with zero attached hydrogens (tertiary/aromatic N) is 3. The Morgan fingerprint density at radius 2 is 1.85 bits per heavy atom. The number of carbonyl (C=O) groups excluding carboxylic acids is 1. The van der Waals surface area contributed by atoms with Crippen molar-refractivity contribution in [3.8, 4) is 0 Å². The van der Waals surface area contributed by atoms with E-state index in [-0.39, 0.29) is 5.91 Å². The molecule has 0 unspecified atom stereocenters. The molecule has 8 heteroatoms. The quantitative estimate of drug-likeness (QED) is 0.746. The van der Waals surface area contributed by atoms with Gasteiger partial charge < -0.3 is 4.90 Å². The van der Waals surface area contributed by atoms with Crippen molar-refractivity contribution >= 4 is 21.8 Å². The van der Waals surface area contributed by atoms with Gasteiger partial charge >= 0.3 is 6.18 Å².